The Bertz CT molecular complexity index is 806. The minimum absolute atomic E-state index is 0.0233. The number of fused-ring (bicyclic) bond motifs is 1. The third-order valence-corrected chi connectivity index (χ3v) is 4.36. The largest absolute Gasteiger partial charge is 0.317 e. The van der Waals surface area contributed by atoms with Crippen molar-refractivity contribution in [1.82, 2.24) is 14.4 Å². The van der Waals surface area contributed by atoms with Gasteiger partial charge in [0.1, 0.15) is 1.41 Å². The fraction of sp³-hybridized carbons (Fsp3) is 0.429. The molecule has 0 amide bonds. The van der Waals surface area contributed by atoms with Crippen molar-refractivity contribution in [3.8, 4) is 0 Å². The molecule has 0 unspecified atom stereocenters. The molecule has 20 heavy (non-hydrogen) atoms. The van der Waals surface area contributed by atoms with Crippen molar-refractivity contribution in [2.24, 2.45) is 7.05 Å². The molecule has 1 saturated heterocycles. The van der Waals surface area contributed by atoms with E-state index in [1.807, 2.05) is 18.2 Å². The zero-order valence-electron chi connectivity index (χ0n) is 12.2. The van der Waals surface area contributed by atoms with Gasteiger partial charge < -0.3 is 9.88 Å². The van der Waals surface area contributed by atoms with E-state index in [1.54, 1.807) is 11.6 Å². The molecular formula is C14H16BrN3O2. The fourth-order valence-corrected chi connectivity index (χ4v) is 3.14. The van der Waals surface area contributed by atoms with E-state index in [4.69, 9.17) is 1.41 Å². The summed E-state index contributed by atoms with van der Waals surface area (Å²) >= 11 is 3.43. The number of nitrogens with one attached hydrogen (secondary N) is 1. The number of halogens is 1. The lowest BCUT2D eigenvalue weighted by Crippen LogP contribution is -2.44. The number of hydrogen-bond donors (Lipinski definition) is 1. The molecule has 0 spiro atoms. The molecule has 1 aromatic heterocycles. The monoisotopic (exact) mass is 338 g/mol. The molecule has 0 atom stereocenters. The first-order valence-corrected chi connectivity index (χ1v) is 7.43. The Morgan fingerprint density at radius 3 is 2.65 bits per heavy atom. The maximum Gasteiger partial charge on any atom is 0.317 e. The highest BCUT2D eigenvalue weighted by atomic mass is 79.9. The Morgan fingerprint density at radius 2 is 1.95 bits per heavy atom. The van der Waals surface area contributed by atoms with Crippen LogP contribution in [0.2, 0.25) is 1.41 Å². The van der Waals surface area contributed by atoms with Gasteiger partial charge in [0.15, 0.2) is 0 Å². The molecule has 1 aromatic carbocycles. The van der Waals surface area contributed by atoms with Gasteiger partial charge in [-0.05, 0) is 44.1 Å². The SMILES string of the molecule is [2H]N1CCC(n2c(=O)c(=O)n(C)c3ccc(Br)cc32)CC1. The van der Waals surface area contributed by atoms with Crippen molar-refractivity contribution < 1.29 is 1.41 Å². The summed E-state index contributed by atoms with van der Waals surface area (Å²) in [5, 5.41) is 1.50. The Hall–Kier alpha value is -1.40. The molecule has 1 aliphatic rings. The maximum atomic E-state index is 12.4. The van der Waals surface area contributed by atoms with Crippen LogP contribution < -0.4 is 16.4 Å². The summed E-state index contributed by atoms with van der Waals surface area (Å²) in [7, 11) is 1.62. The lowest BCUT2D eigenvalue weighted by molar-refractivity contribution is 0.366. The van der Waals surface area contributed by atoms with Gasteiger partial charge in [-0.25, -0.2) is 0 Å². The molecule has 106 valence electrons. The van der Waals surface area contributed by atoms with Crippen LogP contribution >= 0.6 is 15.9 Å². The number of nitrogens with zero attached hydrogens (tertiary/aromatic N) is 2. The quantitative estimate of drug-likeness (QED) is 0.799. The minimum atomic E-state index is -0.502. The number of aryl methyl sites for hydroxylation is 1. The highest BCUT2D eigenvalue weighted by Gasteiger charge is 2.20. The smallest absolute Gasteiger partial charge is 0.317 e. The molecule has 0 saturated carbocycles. The van der Waals surface area contributed by atoms with Gasteiger partial charge in [0, 0.05) is 17.6 Å². The van der Waals surface area contributed by atoms with E-state index in [1.165, 1.54) is 9.88 Å². The number of aromatic nitrogens is 2. The lowest BCUT2D eigenvalue weighted by Gasteiger charge is -2.26. The van der Waals surface area contributed by atoms with Gasteiger partial charge in [0.25, 0.3) is 0 Å². The summed E-state index contributed by atoms with van der Waals surface area (Å²) in [6.45, 7) is 1.23. The maximum absolute atomic E-state index is 12.4. The van der Waals surface area contributed by atoms with E-state index >= 15 is 0 Å². The van der Waals surface area contributed by atoms with Crippen molar-refractivity contribution in [3.05, 3.63) is 43.4 Å². The molecule has 3 rings (SSSR count). The highest BCUT2D eigenvalue weighted by Crippen LogP contribution is 2.23. The number of rotatable bonds is 1. The minimum Gasteiger partial charge on any atom is -0.317 e. The fourth-order valence-electron chi connectivity index (χ4n) is 2.80. The van der Waals surface area contributed by atoms with Crippen LogP contribution in [0, 0.1) is 0 Å². The Balaban J connectivity index is 2.28. The van der Waals surface area contributed by atoms with E-state index in [0.29, 0.717) is 25.9 Å². The van der Waals surface area contributed by atoms with E-state index in [2.05, 4.69) is 15.9 Å². The van der Waals surface area contributed by atoms with Crippen LogP contribution in [-0.4, -0.2) is 22.2 Å². The molecule has 2 aromatic rings. The second-order valence-corrected chi connectivity index (χ2v) is 5.99. The van der Waals surface area contributed by atoms with Crippen LogP contribution in [-0.2, 0) is 7.05 Å². The third-order valence-electron chi connectivity index (χ3n) is 3.87. The predicted octanol–water partition coefficient (Wildman–Crippen LogP) is 1.39. The van der Waals surface area contributed by atoms with Crippen LogP contribution in [0.1, 0.15) is 18.9 Å². The molecule has 1 aliphatic heterocycles. The first kappa shape index (κ1) is 12.3. The average molecular weight is 339 g/mol. The molecule has 1 fully saturated rings. The van der Waals surface area contributed by atoms with Gasteiger partial charge in [-0.2, -0.15) is 0 Å². The van der Waals surface area contributed by atoms with Crippen LogP contribution in [0.15, 0.2) is 32.3 Å². The van der Waals surface area contributed by atoms with Crippen molar-refractivity contribution in [3.63, 3.8) is 0 Å². The molecule has 2 heterocycles. The topological polar surface area (TPSA) is 56.0 Å². The second-order valence-electron chi connectivity index (χ2n) is 5.07. The van der Waals surface area contributed by atoms with E-state index in [0.717, 1.165) is 15.5 Å². The van der Waals surface area contributed by atoms with Crippen molar-refractivity contribution in [2.75, 3.05) is 13.1 Å². The third kappa shape index (κ3) is 2.13. The molecular weight excluding hydrogens is 322 g/mol. The average Bonchev–Trinajstić information content (AvgIpc) is 2.47. The number of benzene rings is 1. The first-order chi connectivity index (χ1) is 9.99. The van der Waals surface area contributed by atoms with Crippen molar-refractivity contribution in [1.29, 1.82) is 0 Å². The lowest BCUT2D eigenvalue weighted by atomic mass is 10.1. The summed E-state index contributed by atoms with van der Waals surface area (Å²) in [6.07, 6.45) is 1.41. The summed E-state index contributed by atoms with van der Waals surface area (Å²) in [6, 6.07) is 5.56. The summed E-state index contributed by atoms with van der Waals surface area (Å²) in [5.74, 6) is 0. The molecule has 5 nitrogen and oxygen atoms in total. The zero-order chi connectivity index (χ0) is 15.1. The van der Waals surface area contributed by atoms with E-state index in [9.17, 15) is 9.59 Å². The predicted molar refractivity (Wildman–Crippen MR) is 82.3 cm³/mol. The van der Waals surface area contributed by atoms with Gasteiger partial charge >= 0.3 is 11.1 Å². The summed E-state index contributed by atoms with van der Waals surface area (Å²) in [4.78, 5) is 24.6. The van der Waals surface area contributed by atoms with Crippen molar-refractivity contribution >= 4 is 27.0 Å². The van der Waals surface area contributed by atoms with E-state index in [-0.39, 0.29) is 6.04 Å². The molecule has 0 bridgehead atoms. The summed E-state index contributed by atoms with van der Waals surface area (Å²) < 4.78 is 11.5. The number of hydrogen-bond acceptors (Lipinski definition) is 3. The number of piperidine rings is 1. The Morgan fingerprint density at radius 1 is 1.25 bits per heavy atom. The van der Waals surface area contributed by atoms with Crippen LogP contribution in [0.5, 0.6) is 0 Å². The van der Waals surface area contributed by atoms with Gasteiger partial charge in [0.2, 0.25) is 0 Å². The summed E-state index contributed by atoms with van der Waals surface area (Å²) in [5.41, 5.74) is 0.528. The van der Waals surface area contributed by atoms with E-state index < -0.39 is 11.1 Å². The van der Waals surface area contributed by atoms with Crippen LogP contribution in [0.4, 0.5) is 0 Å². The molecule has 6 heteroatoms. The second kappa shape index (κ2) is 5.18. The van der Waals surface area contributed by atoms with Crippen molar-refractivity contribution in [2.45, 2.75) is 18.9 Å². The Kier molecular flexibility index (Phi) is 3.20. The molecule has 0 radical (unpaired) electrons. The van der Waals surface area contributed by atoms with Gasteiger partial charge in [-0.1, -0.05) is 15.9 Å². The Labute approximate surface area is 125 Å². The molecule has 1 N–H and O–H groups in total. The van der Waals surface area contributed by atoms with Gasteiger partial charge in [-0.3, -0.25) is 14.2 Å². The van der Waals surface area contributed by atoms with Crippen LogP contribution in [0.25, 0.3) is 11.0 Å². The zero-order valence-corrected chi connectivity index (χ0v) is 12.8. The normalized spacial score (nSPS) is 18.4. The van der Waals surface area contributed by atoms with Gasteiger partial charge in [0.05, 0.1) is 11.0 Å². The standard InChI is InChI=1S/C14H16BrN3O2/c1-17-11-3-2-9(15)8-12(11)18(14(20)13(17)19)10-4-6-16-7-5-10/h2-3,8,10,16H,4-7H2,1H3/i/hD. The molecule has 0 aliphatic carbocycles. The van der Waals surface area contributed by atoms with Gasteiger partial charge in [-0.15, -0.1) is 0 Å². The first-order valence-electron chi connectivity index (χ1n) is 7.08. The van der Waals surface area contributed by atoms with Crippen LogP contribution in [0.3, 0.4) is 0 Å². The highest BCUT2D eigenvalue weighted by molar-refractivity contribution is 9.10.